The maximum atomic E-state index is 4.53. The van der Waals surface area contributed by atoms with Crippen LogP contribution >= 0.6 is 0 Å². The number of fused-ring (bicyclic) bond motifs is 1. The number of rotatable bonds is 6. The van der Waals surface area contributed by atoms with Crippen molar-refractivity contribution in [3.63, 3.8) is 0 Å². The summed E-state index contributed by atoms with van der Waals surface area (Å²) in [5.74, 6) is 0. The zero-order valence-electron chi connectivity index (χ0n) is 12.7. The summed E-state index contributed by atoms with van der Waals surface area (Å²) in [6, 6.07) is 2.22. The van der Waals surface area contributed by atoms with Crippen molar-refractivity contribution in [2.24, 2.45) is 12.5 Å². The van der Waals surface area contributed by atoms with Crippen molar-refractivity contribution in [1.82, 2.24) is 20.1 Å². The molecular weight excluding hydrogens is 248 g/mol. The SMILES string of the molecule is CCCC1(CNCc2cnc3c(c2)c(C)nn3C)CC1. The third-order valence-corrected chi connectivity index (χ3v) is 4.49. The first kappa shape index (κ1) is 13.6. The predicted molar refractivity (Wildman–Crippen MR) is 81.5 cm³/mol. The molecule has 1 fully saturated rings. The van der Waals surface area contributed by atoms with Crippen LogP contribution in [0.15, 0.2) is 12.3 Å². The molecular formula is C16H24N4. The molecule has 1 saturated carbocycles. The number of nitrogens with zero attached hydrogens (tertiary/aromatic N) is 3. The van der Waals surface area contributed by atoms with Gasteiger partial charge < -0.3 is 5.32 Å². The van der Waals surface area contributed by atoms with Crippen LogP contribution in [0.2, 0.25) is 0 Å². The topological polar surface area (TPSA) is 42.7 Å². The van der Waals surface area contributed by atoms with E-state index in [9.17, 15) is 0 Å². The molecule has 0 saturated heterocycles. The highest BCUT2D eigenvalue weighted by molar-refractivity contribution is 5.78. The van der Waals surface area contributed by atoms with Gasteiger partial charge in [-0.05, 0) is 43.2 Å². The van der Waals surface area contributed by atoms with E-state index in [0.717, 1.165) is 24.4 Å². The van der Waals surface area contributed by atoms with Crippen LogP contribution < -0.4 is 5.32 Å². The summed E-state index contributed by atoms with van der Waals surface area (Å²) in [6.07, 6.45) is 7.42. The van der Waals surface area contributed by atoms with Crippen LogP contribution in [0.5, 0.6) is 0 Å². The normalized spacial score (nSPS) is 16.8. The third-order valence-electron chi connectivity index (χ3n) is 4.49. The fourth-order valence-corrected chi connectivity index (χ4v) is 3.14. The van der Waals surface area contributed by atoms with Crippen LogP contribution in [0.4, 0.5) is 0 Å². The molecule has 0 radical (unpaired) electrons. The van der Waals surface area contributed by atoms with E-state index in [1.165, 1.54) is 36.6 Å². The van der Waals surface area contributed by atoms with E-state index in [2.05, 4.69) is 28.4 Å². The fourth-order valence-electron chi connectivity index (χ4n) is 3.14. The molecule has 4 heteroatoms. The van der Waals surface area contributed by atoms with Gasteiger partial charge in [-0.15, -0.1) is 0 Å². The summed E-state index contributed by atoms with van der Waals surface area (Å²) in [4.78, 5) is 4.53. The Morgan fingerprint density at radius 1 is 1.40 bits per heavy atom. The minimum absolute atomic E-state index is 0.608. The van der Waals surface area contributed by atoms with Crippen LogP contribution in [0.3, 0.4) is 0 Å². The lowest BCUT2D eigenvalue weighted by Crippen LogP contribution is -2.23. The van der Waals surface area contributed by atoms with E-state index in [4.69, 9.17) is 0 Å². The number of nitrogens with one attached hydrogen (secondary N) is 1. The molecule has 2 heterocycles. The van der Waals surface area contributed by atoms with Crippen molar-refractivity contribution in [3.05, 3.63) is 23.5 Å². The van der Waals surface area contributed by atoms with Gasteiger partial charge in [0.25, 0.3) is 0 Å². The molecule has 3 rings (SSSR count). The molecule has 1 N–H and O–H groups in total. The van der Waals surface area contributed by atoms with E-state index in [1.807, 2.05) is 24.9 Å². The maximum Gasteiger partial charge on any atom is 0.157 e. The standard InChI is InChI=1S/C16H24N4/c1-4-5-16(6-7-16)11-17-9-13-8-14-12(2)19-20(3)15(14)18-10-13/h8,10,17H,4-7,9,11H2,1-3H3. The minimum Gasteiger partial charge on any atom is -0.312 e. The summed E-state index contributed by atoms with van der Waals surface area (Å²) < 4.78 is 1.85. The molecule has 0 unspecified atom stereocenters. The molecule has 0 atom stereocenters. The van der Waals surface area contributed by atoms with Gasteiger partial charge in [0.2, 0.25) is 0 Å². The molecule has 1 aliphatic rings. The van der Waals surface area contributed by atoms with Gasteiger partial charge in [0.1, 0.15) is 0 Å². The van der Waals surface area contributed by atoms with Crippen molar-refractivity contribution in [2.75, 3.05) is 6.54 Å². The Labute approximate surface area is 120 Å². The third kappa shape index (κ3) is 2.57. The smallest absolute Gasteiger partial charge is 0.157 e. The van der Waals surface area contributed by atoms with E-state index in [1.54, 1.807) is 0 Å². The maximum absolute atomic E-state index is 4.53. The molecule has 2 aromatic heterocycles. The van der Waals surface area contributed by atoms with Crippen LogP contribution in [-0.4, -0.2) is 21.3 Å². The lowest BCUT2D eigenvalue weighted by molar-refractivity contribution is 0.421. The fraction of sp³-hybridized carbons (Fsp3) is 0.625. The first-order chi connectivity index (χ1) is 9.63. The van der Waals surface area contributed by atoms with Crippen molar-refractivity contribution in [3.8, 4) is 0 Å². The van der Waals surface area contributed by atoms with Crippen molar-refractivity contribution in [2.45, 2.75) is 46.1 Å². The second kappa shape index (κ2) is 5.17. The quantitative estimate of drug-likeness (QED) is 0.879. The van der Waals surface area contributed by atoms with Gasteiger partial charge in [-0.1, -0.05) is 13.3 Å². The second-order valence-corrected chi connectivity index (χ2v) is 6.28. The van der Waals surface area contributed by atoms with E-state index < -0.39 is 0 Å². The zero-order valence-corrected chi connectivity index (χ0v) is 12.7. The molecule has 1 aliphatic carbocycles. The average Bonchev–Trinajstić information content (AvgIpc) is 3.12. The van der Waals surface area contributed by atoms with Crippen molar-refractivity contribution in [1.29, 1.82) is 0 Å². The van der Waals surface area contributed by atoms with Gasteiger partial charge in [-0.2, -0.15) is 5.10 Å². The Bertz CT molecular complexity index is 610. The lowest BCUT2D eigenvalue weighted by Gasteiger charge is -2.14. The highest BCUT2D eigenvalue weighted by atomic mass is 15.3. The molecule has 0 amide bonds. The Morgan fingerprint density at radius 3 is 2.90 bits per heavy atom. The molecule has 20 heavy (non-hydrogen) atoms. The number of aromatic nitrogens is 3. The van der Waals surface area contributed by atoms with Crippen LogP contribution in [0.1, 0.15) is 43.9 Å². The molecule has 4 nitrogen and oxygen atoms in total. The van der Waals surface area contributed by atoms with Gasteiger partial charge in [0, 0.05) is 31.7 Å². The van der Waals surface area contributed by atoms with Gasteiger partial charge in [0.15, 0.2) is 5.65 Å². The summed E-state index contributed by atoms with van der Waals surface area (Å²) in [6.45, 7) is 6.37. The molecule has 0 aliphatic heterocycles. The summed E-state index contributed by atoms with van der Waals surface area (Å²) in [5.41, 5.74) is 3.88. The lowest BCUT2D eigenvalue weighted by atomic mass is 10.0. The average molecular weight is 272 g/mol. The predicted octanol–water partition coefficient (Wildman–Crippen LogP) is 2.95. The van der Waals surface area contributed by atoms with Crippen LogP contribution in [-0.2, 0) is 13.6 Å². The highest BCUT2D eigenvalue weighted by Gasteiger charge is 2.40. The Balaban J connectivity index is 1.65. The zero-order chi connectivity index (χ0) is 14.2. The minimum atomic E-state index is 0.608. The van der Waals surface area contributed by atoms with Gasteiger partial charge in [-0.3, -0.25) is 4.68 Å². The number of aryl methyl sites for hydroxylation is 2. The monoisotopic (exact) mass is 272 g/mol. The van der Waals surface area contributed by atoms with E-state index >= 15 is 0 Å². The first-order valence-corrected chi connectivity index (χ1v) is 7.62. The van der Waals surface area contributed by atoms with Gasteiger partial charge in [0.05, 0.1) is 5.69 Å². The molecule has 0 spiro atoms. The Hall–Kier alpha value is -1.42. The van der Waals surface area contributed by atoms with Gasteiger partial charge in [-0.25, -0.2) is 4.98 Å². The number of pyridine rings is 1. The Morgan fingerprint density at radius 2 is 2.20 bits per heavy atom. The van der Waals surface area contributed by atoms with Crippen LogP contribution in [0, 0.1) is 12.3 Å². The largest absolute Gasteiger partial charge is 0.312 e. The first-order valence-electron chi connectivity index (χ1n) is 7.62. The van der Waals surface area contributed by atoms with E-state index in [-0.39, 0.29) is 0 Å². The van der Waals surface area contributed by atoms with Crippen molar-refractivity contribution < 1.29 is 0 Å². The van der Waals surface area contributed by atoms with Crippen LogP contribution in [0.25, 0.3) is 11.0 Å². The molecule has 2 aromatic rings. The van der Waals surface area contributed by atoms with Crippen molar-refractivity contribution >= 4 is 11.0 Å². The molecule has 108 valence electrons. The van der Waals surface area contributed by atoms with E-state index in [0.29, 0.717) is 5.41 Å². The second-order valence-electron chi connectivity index (χ2n) is 6.28. The molecule has 0 aromatic carbocycles. The number of hydrogen-bond acceptors (Lipinski definition) is 3. The summed E-state index contributed by atoms with van der Waals surface area (Å²) in [5, 5.41) is 9.20. The summed E-state index contributed by atoms with van der Waals surface area (Å²) >= 11 is 0. The Kier molecular flexibility index (Phi) is 3.50. The van der Waals surface area contributed by atoms with Gasteiger partial charge >= 0.3 is 0 Å². The number of hydrogen-bond donors (Lipinski definition) is 1. The summed E-state index contributed by atoms with van der Waals surface area (Å²) in [7, 11) is 1.95. The molecule has 0 bridgehead atoms. The highest BCUT2D eigenvalue weighted by Crippen LogP contribution is 2.48.